The molecule has 3 nitrogen and oxygen atoms in total. The lowest BCUT2D eigenvalue weighted by atomic mass is 10.1. The third kappa shape index (κ3) is 2.65. The lowest BCUT2D eigenvalue weighted by Crippen LogP contribution is -2.41. The maximum Gasteiger partial charge on any atom is 0.332 e. The second kappa shape index (κ2) is 4.85. The Morgan fingerprint density at radius 1 is 1.41 bits per heavy atom. The summed E-state index contributed by atoms with van der Waals surface area (Å²) in [4.78, 5) is 12.0. The van der Waals surface area contributed by atoms with E-state index in [-0.39, 0.29) is 12.3 Å². The number of anilines is 1. The standard InChI is InChI=1S/C12H11ClN2OS/c1-8-7-17-12(14)15(8)6-11(16)9-2-4-10(13)5-3-9/h2-5,7,14H,6H2,1H3/p+1. The van der Waals surface area contributed by atoms with Crippen LogP contribution >= 0.6 is 22.9 Å². The van der Waals surface area contributed by atoms with Crippen molar-refractivity contribution in [1.82, 2.24) is 0 Å². The van der Waals surface area contributed by atoms with Crippen LogP contribution in [0.3, 0.4) is 0 Å². The topological polar surface area (TPSA) is 47.0 Å². The average Bonchev–Trinajstić information content (AvgIpc) is 2.61. The number of hydrogen-bond acceptors (Lipinski definition) is 3. The average molecular weight is 268 g/mol. The number of thiazole rings is 1. The van der Waals surface area contributed by atoms with Gasteiger partial charge in [-0.05, 0) is 31.2 Å². The molecule has 2 N–H and O–H groups in total. The first kappa shape index (κ1) is 12.1. The van der Waals surface area contributed by atoms with E-state index >= 15 is 0 Å². The number of halogens is 1. The van der Waals surface area contributed by atoms with Crippen LogP contribution < -0.4 is 10.3 Å². The smallest absolute Gasteiger partial charge is 0.290 e. The summed E-state index contributed by atoms with van der Waals surface area (Å²) in [5, 5.41) is 3.20. The van der Waals surface area contributed by atoms with Gasteiger partial charge in [0.1, 0.15) is 5.69 Å². The van der Waals surface area contributed by atoms with Gasteiger partial charge in [0.05, 0.1) is 0 Å². The monoisotopic (exact) mass is 267 g/mol. The molecule has 0 aliphatic heterocycles. The van der Waals surface area contributed by atoms with Crippen molar-refractivity contribution in [3.63, 3.8) is 0 Å². The van der Waals surface area contributed by atoms with Crippen LogP contribution in [0.1, 0.15) is 16.1 Å². The molecule has 0 amide bonds. The third-order valence-corrected chi connectivity index (χ3v) is 3.68. The lowest BCUT2D eigenvalue weighted by Gasteiger charge is -2.01. The Labute approximate surface area is 108 Å². The second-order valence-corrected chi connectivity index (χ2v) is 5.06. The van der Waals surface area contributed by atoms with Crippen molar-refractivity contribution in [2.45, 2.75) is 13.5 Å². The van der Waals surface area contributed by atoms with Crippen molar-refractivity contribution < 1.29 is 9.36 Å². The van der Waals surface area contributed by atoms with Crippen molar-refractivity contribution in [3.05, 3.63) is 45.9 Å². The molecule has 0 atom stereocenters. The van der Waals surface area contributed by atoms with Gasteiger partial charge in [-0.15, -0.1) is 0 Å². The molecule has 1 aromatic carbocycles. The zero-order valence-electron chi connectivity index (χ0n) is 9.31. The Balaban J connectivity index is 2.20. The normalized spacial score (nSPS) is 10.5. The van der Waals surface area contributed by atoms with Crippen LogP contribution in [-0.2, 0) is 6.54 Å². The molecule has 0 saturated carbocycles. The van der Waals surface area contributed by atoms with E-state index in [9.17, 15) is 4.79 Å². The lowest BCUT2D eigenvalue weighted by molar-refractivity contribution is -0.670. The second-order valence-electron chi connectivity index (χ2n) is 3.73. The first-order valence-electron chi connectivity index (χ1n) is 5.10. The number of nitrogens with two attached hydrogens (primary N) is 1. The van der Waals surface area contributed by atoms with Gasteiger partial charge in [0.25, 0.3) is 0 Å². The van der Waals surface area contributed by atoms with Crippen molar-refractivity contribution in [1.29, 1.82) is 0 Å². The molecule has 2 aromatic rings. The number of carbonyl (C=O) groups excluding carboxylic acids is 1. The Morgan fingerprint density at radius 2 is 2.06 bits per heavy atom. The number of Topliss-reactive ketones (excluding diaryl/α,β-unsaturated/α-hetero) is 1. The molecular formula is C12H12ClN2OS+. The van der Waals surface area contributed by atoms with Crippen LogP contribution in [0.5, 0.6) is 0 Å². The molecule has 17 heavy (non-hydrogen) atoms. The maximum atomic E-state index is 12.0. The van der Waals surface area contributed by atoms with E-state index in [2.05, 4.69) is 0 Å². The van der Waals surface area contributed by atoms with Gasteiger partial charge in [-0.2, -0.15) is 0 Å². The summed E-state index contributed by atoms with van der Waals surface area (Å²) in [6.45, 7) is 2.20. The Morgan fingerprint density at radius 3 is 2.59 bits per heavy atom. The number of carbonyl (C=O) groups is 1. The van der Waals surface area contributed by atoms with Crippen molar-refractivity contribution in [3.8, 4) is 0 Å². The number of nitrogens with zero attached hydrogens (tertiary/aromatic N) is 1. The number of ketones is 1. The Kier molecular flexibility index (Phi) is 3.45. The van der Waals surface area contributed by atoms with E-state index in [1.54, 1.807) is 24.3 Å². The van der Waals surface area contributed by atoms with Crippen LogP contribution in [0.4, 0.5) is 5.13 Å². The van der Waals surface area contributed by atoms with Gasteiger partial charge in [0.2, 0.25) is 5.78 Å². The third-order valence-electron chi connectivity index (χ3n) is 2.51. The summed E-state index contributed by atoms with van der Waals surface area (Å²) in [6, 6.07) is 6.87. The van der Waals surface area contributed by atoms with E-state index in [4.69, 9.17) is 17.3 Å². The molecule has 1 aromatic heterocycles. The fraction of sp³-hybridized carbons (Fsp3) is 0.167. The first-order chi connectivity index (χ1) is 8.08. The summed E-state index contributed by atoms with van der Waals surface area (Å²) < 4.78 is 1.81. The molecule has 0 unspecified atom stereocenters. The minimum Gasteiger partial charge on any atom is -0.290 e. The number of aryl methyl sites for hydroxylation is 1. The summed E-state index contributed by atoms with van der Waals surface area (Å²) in [5.74, 6) is 0.0277. The van der Waals surface area contributed by atoms with E-state index < -0.39 is 0 Å². The van der Waals surface area contributed by atoms with Gasteiger partial charge in [-0.25, -0.2) is 4.57 Å². The highest BCUT2D eigenvalue weighted by atomic mass is 35.5. The van der Waals surface area contributed by atoms with Crippen molar-refractivity contribution >= 4 is 33.9 Å². The molecule has 0 saturated heterocycles. The number of hydrogen-bond donors (Lipinski definition) is 1. The number of rotatable bonds is 3. The highest BCUT2D eigenvalue weighted by Gasteiger charge is 2.16. The van der Waals surface area contributed by atoms with Gasteiger partial charge in [0.15, 0.2) is 6.54 Å². The predicted molar refractivity (Wildman–Crippen MR) is 69.4 cm³/mol. The van der Waals surface area contributed by atoms with E-state index in [0.717, 1.165) is 5.69 Å². The van der Waals surface area contributed by atoms with E-state index in [0.29, 0.717) is 15.7 Å². The van der Waals surface area contributed by atoms with Crippen LogP contribution in [0.25, 0.3) is 0 Å². The van der Waals surface area contributed by atoms with Crippen LogP contribution in [0.2, 0.25) is 5.02 Å². The summed E-state index contributed by atoms with van der Waals surface area (Å²) in [6.07, 6.45) is 0. The van der Waals surface area contributed by atoms with Gasteiger partial charge in [0, 0.05) is 16.0 Å². The molecule has 2 rings (SSSR count). The van der Waals surface area contributed by atoms with Crippen LogP contribution in [-0.4, -0.2) is 5.78 Å². The quantitative estimate of drug-likeness (QED) is 0.686. The number of aromatic nitrogens is 1. The molecular weight excluding hydrogens is 256 g/mol. The fourth-order valence-electron chi connectivity index (χ4n) is 1.52. The van der Waals surface area contributed by atoms with Crippen molar-refractivity contribution in [2.75, 3.05) is 5.73 Å². The Hall–Kier alpha value is -1.39. The SMILES string of the molecule is Cc1csc(N)[n+]1CC(=O)c1ccc(Cl)cc1. The number of nitrogen functional groups attached to an aromatic ring is 1. The Bertz CT molecular complexity index is 529. The largest absolute Gasteiger partial charge is 0.332 e. The molecule has 0 radical (unpaired) electrons. The van der Waals surface area contributed by atoms with Gasteiger partial charge < -0.3 is 0 Å². The highest BCUT2D eigenvalue weighted by Crippen LogP contribution is 2.12. The van der Waals surface area contributed by atoms with Gasteiger partial charge in [-0.1, -0.05) is 22.9 Å². The van der Waals surface area contributed by atoms with E-state index in [1.807, 2.05) is 16.9 Å². The summed E-state index contributed by atoms with van der Waals surface area (Å²) >= 11 is 7.21. The molecule has 0 aliphatic rings. The zero-order chi connectivity index (χ0) is 12.4. The predicted octanol–water partition coefficient (Wildman–Crippen LogP) is 2.46. The van der Waals surface area contributed by atoms with Gasteiger partial charge in [-0.3, -0.25) is 10.5 Å². The highest BCUT2D eigenvalue weighted by molar-refractivity contribution is 7.13. The summed E-state index contributed by atoms with van der Waals surface area (Å²) in [5.41, 5.74) is 7.44. The van der Waals surface area contributed by atoms with Crippen molar-refractivity contribution in [2.24, 2.45) is 0 Å². The number of benzene rings is 1. The molecule has 1 heterocycles. The van der Waals surface area contributed by atoms with Crippen LogP contribution in [0, 0.1) is 6.92 Å². The molecule has 0 bridgehead atoms. The molecule has 0 spiro atoms. The van der Waals surface area contributed by atoms with E-state index in [1.165, 1.54) is 11.3 Å². The summed E-state index contributed by atoms with van der Waals surface area (Å²) in [7, 11) is 0. The van der Waals surface area contributed by atoms with Gasteiger partial charge >= 0.3 is 5.13 Å². The molecule has 0 fully saturated rings. The molecule has 88 valence electrons. The minimum atomic E-state index is 0.0277. The zero-order valence-corrected chi connectivity index (χ0v) is 10.9. The fourth-order valence-corrected chi connectivity index (χ4v) is 2.40. The van der Waals surface area contributed by atoms with Crippen LogP contribution in [0.15, 0.2) is 29.6 Å². The first-order valence-corrected chi connectivity index (χ1v) is 6.36. The molecule has 5 heteroatoms. The maximum absolute atomic E-state index is 12.0. The minimum absolute atomic E-state index is 0.0277. The molecule has 0 aliphatic carbocycles.